The standard InChI is InChI=1S/C14H16ClNO/c1-5-9-16(11(4)17)14-10(3)13(15)8-7-12(14)6-2/h7-8H,6H2,1-4H3. The predicted molar refractivity (Wildman–Crippen MR) is 72.2 cm³/mol. The maximum Gasteiger partial charge on any atom is 0.235 e. The van der Waals surface area contributed by atoms with E-state index in [9.17, 15) is 4.79 Å². The molecule has 0 saturated heterocycles. The summed E-state index contributed by atoms with van der Waals surface area (Å²) in [5, 5.41) is 0.654. The lowest BCUT2D eigenvalue weighted by molar-refractivity contribution is -0.115. The Kier molecular flexibility index (Phi) is 4.60. The molecule has 0 heterocycles. The van der Waals surface area contributed by atoms with Crippen molar-refractivity contribution in [2.24, 2.45) is 0 Å². The van der Waals surface area contributed by atoms with Crippen LogP contribution < -0.4 is 4.90 Å². The number of rotatable bonds is 2. The van der Waals surface area contributed by atoms with Crippen molar-refractivity contribution < 1.29 is 4.79 Å². The SMILES string of the molecule is CC#CN(C(C)=O)c1c(CC)ccc(Cl)c1C. The molecule has 1 aromatic rings. The number of halogens is 1. The summed E-state index contributed by atoms with van der Waals surface area (Å²) in [5.41, 5.74) is 2.79. The quantitative estimate of drug-likeness (QED) is 0.580. The molecule has 0 spiro atoms. The molecular weight excluding hydrogens is 234 g/mol. The van der Waals surface area contributed by atoms with Crippen LogP contribution in [0, 0.1) is 18.9 Å². The largest absolute Gasteiger partial charge is 0.274 e. The van der Waals surface area contributed by atoms with Crippen molar-refractivity contribution in [3.63, 3.8) is 0 Å². The minimum atomic E-state index is -0.0978. The average Bonchev–Trinajstić information content (AvgIpc) is 2.30. The summed E-state index contributed by atoms with van der Waals surface area (Å²) >= 11 is 6.11. The summed E-state index contributed by atoms with van der Waals surface area (Å²) in [6.07, 6.45) is 0.836. The molecule has 0 aliphatic rings. The molecule has 0 saturated carbocycles. The molecule has 0 N–H and O–H groups in total. The van der Waals surface area contributed by atoms with Gasteiger partial charge in [0.25, 0.3) is 0 Å². The molecule has 17 heavy (non-hydrogen) atoms. The van der Waals surface area contributed by atoms with Gasteiger partial charge in [0.1, 0.15) is 0 Å². The van der Waals surface area contributed by atoms with Crippen LogP contribution in [0.1, 0.15) is 31.9 Å². The van der Waals surface area contributed by atoms with Crippen molar-refractivity contribution in [2.75, 3.05) is 4.90 Å². The van der Waals surface area contributed by atoms with Gasteiger partial charge in [-0.25, -0.2) is 4.90 Å². The van der Waals surface area contributed by atoms with Gasteiger partial charge in [-0.3, -0.25) is 4.79 Å². The fourth-order valence-corrected chi connectivity index (χ4v) is 1.88. The highest BCUT2D eigenvalue weighted by Gasteiger charge is 2.17. The molecule has 0 atom stereocenters. The summed E-state index contributed by atoms with van der Waals surface area (Å²) in [6.45, 7) is 7.17. The topological polar surface area (TPSA) is 20.3 Å². The monoisotopic (exact) mass is 249 g/mol. The number of carbonyl (C=O) groups excluding carboxylic acids is 1. The van der Waals surface area contributed by atoms with Crippen LogP contribution in [-0.4, -0.2) is 5.91 Å². The second kappa shape index (κ2) is 5.75. The molecule has 0 unspecified atom stereocenters. The molecule has 90 valence electrons. The van der Waals surface area contributed by atoms with Crippen LogP contribution in [-0.2, 0) is 11.2 Å². The van der Waals surface area contributed by atoms with Crippen molar-refractivity contribution in [3.8, 4) is 12.0 Å². The van der Waals surface area contributed by atoms with E-state index in [1.165, 1.54) is 11.8 Å². The van der Waals surface area contributed by atoms with E-state index in [2.05, 4.69) is 12.0 Å². The third-order valence-corrected chi connectivity index (χ3v) is 3.00. The first kappa shape index (κ1) is 13.6. The first-order valence-corrected chi connectivity index (χ1v) is 5.91. The Morgan fingerprint density at radius 3 is 2.59 bits per heavy atom. The van der Waals surface area contributed by atoms with E-state index in [1.54, 1.807) is 6.92 Å². The number of hydrogen-bond acceptors (Lipinski definition) is 1. The van der Waals surface area contributed by atoms with Gasteiger partial charge in [0.05, 0.1) is 5.69 Å². The number of carbonyl (C=O) groups is 1. The van der Waals surface area contributed by atoms with E-state index in [4.69, 9.17) is 11.6 Å². The number of aryl methyl sites for hydroxylation is 1. The molecular formula is C14H16ClNO. The number of benzene rings is 1. The van der Waals surface area contributed by atoms with E-state index in [0.717, 1.165) is 23.2 Å². The minimum Gasteiger partial charge on any atom is -0.274 e. The number of nitrogens with zero attached hydrogens (tertiary/aromatic N) is 1. The number of anilines is 1. The second-order valence-electron chi connectivity index (χ2n) is 3.75. The van der Waals surface area contributed by atoms with Crippen molar-refractivity contribution in [3.05, 3.63) is 28.3 Å². The highest BCUT2D eigenvalue weighted by atomic mass is 35.5. The Bertz CT molecular complexity index is 497. The summed E-state index contributed by atoms with van der Waals surface area (Å²) in [5.74, 6) is 2.66. The molecule has 0 fully saturated rings. The Morgan fingerprint density at radius 1 is 1.47 bits per heavy atom. The van der Waals surface area contributed by atoms with E-state index >= 15 is 0 Å². The van der Waals surface area contributed by atoms with Gasteiger partial charge in [-0.05, 0) is 37.5 Å². The molecule has 3 heteroatoms. The molecule has 1 rings (SSSR count). The lowest BCUT2D eigenvalue weighted by atomic mass is 10.0. The Hall–Kier alpha value is -1.46. The van der Waals surface area contributed by atoms with E-state index in [-0.39, 0.29) is 5.91 Å². The molecule has 2 nitrogen and oxygen atoms in total. The molecule has 0 bridgehead atoms. The number of hydrogen-bond donors (Lipinski definition) is 0. The molecule has 0 radical (unpaired) electrons. The van der Waals surface area contributed by atoms with Crippen LogP contribution in [0.25, 0.3) is 0 Å². The van der Waals surface area contributed by atoms with Gasteiger partial charge in [0.15, 0.2) is 0 Å². The van der Waals surface area contributed by atoms with Gasteiger partial charge >= 0.3 is 0 Å². The molecule has 0 aliphatic heterocycles. The Labute approximate surface area is 108 Å². The Balaban J connectivity index is 3.48. The maximum atomic E-state index is 11.6. The van der Waals surface area contributed by atoms with Crippen molar-refractivity contribution in [1.82, 2.24) is 0 Å². The third kappa shape index (κ3) is 2.81. The zero-order chi connectivity index (χ0) is 13.0. The smallest absolute Gasteiger partial charge is 0.235 e. The van der Waals surface area contributed by atoms with Gasteiger partial charge in [0.2, 0.25) is 5.91 Å². The molecule has 1 aromatic carbocycles. The minimum absolute atomic E-state index is 0.0978. The summed E-state index contributed by atoms with van der Waals surface area (Å²) in [6, 6.07) is 6.62. The zero-order valence-corrected chi connectivity index (χ0v) is 11.4. The Morgan fingerprint density at radius 2 is 2.12 bits per heavy atom. The van der Waals surface area contributed by atoms with Crippen LogP contribution in [0.3, 0.4) is 0 Å². The molecule has 1 amide bonds. The summed E-state index contributed by atoms with van der Waals surface area (Å²) in [7, 11) is 0. The van der Waals surface area contributed by atoms with E-state index in [1.807, 2.05) is 26.0 Å². The van der Waals surface area contributed by atoms with E-state index < -0.39 is 0 Å². The third-order valence-electron chi connectivity index (χ3n) is 2.59. The normalized spacial score (nSPS) is 9.47. The van der Waals surface area contributed by atoms with E-state index in [0.29, 0.717) is 5.02 Å². The number of amides is 1. The van der Waals surface area contributed by atoms with Crippen LogP contribution in [0.2, 0.25) is 5.02 Å². The van der Waals surface area contributed by atoms with Crippen LogP contribution in [0.15, 0.2) is 12.1 Å². The van der Waals surface area contributed by atoms with Gasteiger partial charge in [-0.15, -0.1) is 0 Å². The molecule has 0 aliphatic carbocycles. The fourth-order valence-electron chi connectivity index (χ4n) is 1.73. The first-order chi connectivity index (χ1) is 8.02. The summed E-state index contributed by atoms with van der Waals surface area (Å²) < 4.78 is 0. The maximum absolute atomic E-state index is 11.6. The zero-order valence-electron chi connectivity index (χ0n) is 10.6. The first-order valence-electron chi connectivity index (χ1n) is 5.54. The van der Waals surface area contributed by atoms with Crippen molar-refractivity contribution in [2.45, 2.75) is 34.1 Å². The van der Waals surface area contributed by atoms with Crippen molar-refractivity contribution in [1.29, 1.82) is 0 Å². The van der Waals surface area contributed by atoms with Crippen LogP contribution >= 0.6 is 11.6 Å². The molecule has 0 aromatic heterocycles. The van der Waals surface area contributed by atoms with Gasteiger partial charge in [-0.1, -0.05) is 30.5 Å². The van der Waals surface area contributed by atoms with Crippen LogP contribution in [0.4, 0.5) is 5.69 Å². The highest BCUT2D eigenvalue weighted by Crippen LogP contribution is 2.31. The van der Waals surface area contributed by atoms with Gasteiger partial charge < -0.3 is 0 Å². The lowest BCUT2D eigenvalue weighted by Crippen LogP contribution is -2.24. The fraction of sp³-hybridized carbons (Fsp3) is 0.357. The van der Waals surface area contributed by atoms with Gasteiger partial charge in [0, 0.05) is 18.0 Å². The summed E-state index contributed by atoms with van der Waals surface area (Å²) in [4.78, 5) is 13.1. The highest BCUT2D eigenvalue weighted by molar-refractivity contribution is 6.32. The second-order valence-corrected chi connectivity index (χ2v) is 4.16. The van der Waals surface area contributed by atoms with Gasteiger partial charge in [-0.2, -0.15) is 0 Å². The lowest BCUT2D eigenvalue weighted by Gasteiger charge is -2.20. The average molecular weight is 250 g/mol. The van der Waals surface area contributed by atoms with Crippen molar-refractivity contribution >= 4 is 23.2 Å². The van der Waals surface area contributed by atoms with Crippen LogP contribution in [0.5, 0.6) is 0 Å². The predicted octanol–water partition coefficient (Wildman–Crippen LogP) is 3.54.